The highest BCUT2D eigenvalue weighted by Gasteiger charge is 2.11. The molecule has 0 radical (unpaired) electrons. The SMILES string of the molecule is COCCCS(=O)(=O)NCc1cccc(C)c1Br. The van der Waals surface area contributed by atoms with Crippen molar-refractivity contribution in [1.29, 1.82) is 0 Å². The molecule has 1 aromatic rings. The molecule has 0 saturated heterocycles. The summed E-state index contributed by atoms with van der Waals surface area (Å²) < 4.78 is 31.8. The Morgan fingerprint density at radius 3 is 2.78 bits per heavy atom. The molecule has 6 heteroatoms. The number of ether oxygens (including phenoxy) is 1. The third-order valence-electron chi connectivity index (χ3n) is 2.52. The van der Waals surface area contributed by atoms with Crippen molar-refractivity contribution in [3.05, 3.63) is 33.8 Å². The van der Waals surface area contributed by atoms with Crippen molar-refractivity contribution >= 4 is 26.0 Å². The Morgan fingerprint density at radius 2 is 2.11 bits per heavy atom. The number of sulfonamides is 1. The minimum atomic E-state index is -3.23. The Balaban J connectivity index is 2.56. The molecule has 0 amide bonds. The Labute approximate surface area is 117 Å². The normalized spacial score (nSPS) is 11.7. The van der Waals surface area contributed by atoms with Crippen molar-refractivity contribution in [2.24, 2.45) is 0 Å². The average Bonchev–Trinajstić information content (AvgIpc) is 2.31. The van der Waals surface area contributed by atoms with Crippen LogP contribution in [-0.2, 0) is 21.3 Å². The van der Waals surface area contributed by atoms with Gasteiger partial charge in [0.2, 0.25) is 10.0 Å². The Morgan fingerprint density at radius 1 is 1.39 bits per heavy atom. The van der Waals surface area contributed by atoms with E-state index in [0.717, 1.165) is 15.6 Å². The minimum absolute atomic E-state index is 0.0876. The van der Waals surface area contributed by atoms with Gasteiger partial charge in [0.25, 0.3) is 0 Å². The van der Waals surface area contributed by atoms with Gasteiger partial charge >= 0.3 is 0 Å². The third kappa shape index (κ3) is 5.06. The number of benzene rings is 1. The maximum absolute atomic E-state index is 11.7. The molecule has 0 aliphatic heterocycles. The standard InChI is InChI=1S/C12H18BrNO3S/c1-10-5-3-6-11(12(10)13)9-14-18(15,16)8-4-7-17-2/h3,5-6,14H,4,7-9H2,1-2H3. The van der Waals surface area contributed by atoms with Crippen LogP contribution in [0.25, 0.3) is 0 Å². The van der Waals surface area contributed by atoms with Crippen molar-refractivity contribution in [3.8, 4) is 0 Å². The summed E-state index contributed by atoms with van der Waals surface area (Å²) >= 11 is 3.46. The quantitative estimate of drug-likeness (QED) is 0.777. The first-order valence-electron chi connectivity index (χ1n) is 5.66. The fraction of sp³-hybridized carbons (Fsp3) is 0.500. The fourth-order valence-corrected chi connectivity index (χ4v) is 2.92. The summed E-state index contributed by atoms with van der Waals surface area (Å²) in [6.45, 7) is 2.73. The molecule has 0 fully saturated rings. The molecule has 0 heterocycles. The smallest absolute Gasteiger partial charge is 0.211 e. The zero-order valence-corrected chi connectivity index (χ0v) is 13.0. The first kappa shape index (κ1) is 15.6. The van der Waals surface area contributed by atoms with Gasteiger partial charge in [-0.15, -0.1) is 0 Å². The number of methoxy groups -OCH3 is 1. The molecule has 18 heavy (non-hydrogen) atoms. The average molecular weight is 336 g/mol. The number of hydrogen-bond acceptors (Lipinski definition) is 3. The second-order valence-electron chi connectivity index (χ2n) is 4.03. The van der Waals surface area contributed by atoms with Crippen LogP contribution in [0.5, 0.6) is 0 Å². The molecule has 102 valence electrons. The molecule has 0 atom stereocenters. The molecule has 0 spiro atoms. The van der Waals surface area contributed by atoms with Gasteiger partial charge in [0.15, 0.2) is 0 Å². The molecule has 4 nitrogen and oxygen atoms in total. The lowest BCUT2D eigenvalue weighted by molar-refractivity contribution is 0.199. The lowest BCUT2D eigenvalue weighted by Crippen LogP contribution is -2.26. The minimum Gasteiger partial charge on any atom is -0.385 e. The topological polar surface area (TPSA) is 55.4 Å². The highest BCUT2D eigenvalue weighted by atomic mass is 79.9. The molecule has 0 unspecified atom stereocenters. The van der Waals surface area contributed by atoms with Gasteiger partial charge in [0, 0.05) is 24.7 Å². The van der Waals surface area contributed by atoms with Crippen LogP contribution in [0.2, 0.25) is 0 Å². The molecule has 0 bridgehead atoms. The van der Waals surface area contributed by atoms with Crippen molar-refractivity contribution in [1.82, 2.24) is 4.72 Å². The molecular formula is C12H18BrNO3S. The summed E-state index contributed by atoms with van der Waals surface area (Å²) in [5.41, 5.74) is 2.02. The van der Waals surface area contributed by atoms with E-state index in [9.17, 15) is 8.42 Å². The van der Waals surface area contributed by atoms with Crippen LogP contribution in [-0.4, -0.2) is 27.9 Å². The van der Waals surface area contributed by atoms with E-state index in [1.165, 1.54) is 0 Å². The second-order valence-corrected chi connectivity index (χ2v) is 6.75. The molecule has 0 saturated carbocycles. The van der Waals surface area contributed by atoms with Crippen LogP contribution >= 0.6 is 15.9 Å². The van der Waals surface area contributed by atoms with Crippen molar-refractivity contribution in [2.75, 3.05) is 19.5 Å². The number of halogens is 1. The van der Waals surface area contributed by atoms with E-state index in [1.807, 2.05) is 25.1 Å². The number of nitrogens with one attached hydrogen (secondary N) is 1. The summed E-state index contributed by atoms with van der Waals surface area (Å²) in [4.78, 5) is 0. The largest absolute Gasteiger partial charge is 0.385 e. The Hall–Kier alpha value is -0.430. The van der Waals surface area contributed by atoms with Crippen LogP contribution < -0.4 is 4.72 Å². The number of hydrogen-bond donors (Lipinski definition) is 1. The third-order valence-corrected chi connectivity index (χ3v) is 5.06. The van der Waals surface area contributed by atoms with Crippen molar-refractivity contribution < 1.29 is 13.2 Å². The first-order chi connectivity index (χ1) is 8.46. The van der Waals surface area contributed by atoms with Crippen molar-refractivity contribution in [2.45, 2.75) is 19.9 Å². The molecule has 1 aromatic carbocycles. The molecule has 1 rings (SSSR count). The highest BCUT2D eigenvalue weighted by molar-refractivity contribution is 9.10. The van der Waals surface area contributed by atoms with E-state index in [-0.39, 0.29) is 5.75 Å². The Bertz CT molecular complexity index is 488. The zero-order chi connectivity index (χ0) is 13.6. The molecule has 0 aromatic heterocycles. The molecule has 0 aliphatic rings. The van der Waals surface area contributed by atoms with Crippen LogP contribution in [0.3, 0.4) is 0 Å². The predicted octanol–water partition coefficient (Wildman–Crippen LogP) is 2.21. The van der Waals surface area contributed by atoms with Crippen LogP contribution in [0.15, 0.2) is 22.7 Å². The number of rotatable bonds is 7. The van der Waals surface area contributed by atoms with Crippen LogP contribution in [0.4, 0.5) is 0 Å². The highest BCUT2D eigenvalue weighted by Crippen LogP contribution is 2.20. The predicted molar refractivity (Wildman–Crippen MR) is 76.0 cm³/mol. The van der Waals surface area contributed by atoms with Gasteiger partial charge in [-0.3, -0.25) is 0 Å². The number of aryl methyl sites for hydroxylation is 1. The summed E-state index contributed by atoms with van der Waals surface area (Å²) in [5.74, 6) is 0.0876. The van der Waals surface area contributed by atoms with Crippen LogP contribution in [0, 0.1) is 6.92 Å². The lowest BCUT2D eigenvalue weighted by atomic mass is 10.1. The van der Waals surface area contributed by atoms with Gasteiger partial charge in [-0.25, -0.2) is 13.1 Å². The second kappa shape index (κ2) is 7.23. The van der Waals surface area contributed by atoms with Crippen LogP contribution in [0.1, 0.15) is 17.5 Å². The van der Waals surface area contributed by atoms with Gasteiger partial charge in [-0.05, 0) is 24.5 Å². The Kier molecular flexibility index (Phi) is 6.28. The molecule has 0 aliphatic carbocycles. The maximum Gasteiger partial charge on any atom is 0.211 e. The van der Waals surface area contributed by atoms with Gasteiger partial charge < -0.3 is 4.74 Å². The van der Waals surface area contributed by atoms with E-state index in [2.05, 4.69) is 20.7 Å². The maximum atomic E-state index is 11.7. The lowest BCUT2D eigenvalue weighted by Gasteiger charge is -2.09. The monoisotopic (exact) mass is 335 g/mol. The van der Waals surface area contributed by atoms with Crippen molar-refractivity contribution in [3.63, 3.8) is 0 Å². The van der Waals surface area contributed by atoms with Gasteiger partial charge in [-0.2, -0.15) is 0 Å². The van der Waals surface area contributed by atoms with E-state index in [1.54, 1.807) is 7.11 Å². The zero-order valence-electron chi connectivity index (χ0n) is 10.6. The summed E-state index contributed by atoms with van der Waals surface area (Å²) in [5, 5.41) is 0. The molecule has 1 N–H and O–H groups in total. The van der Waals surface area contributed by atoms with E-state index in [0.29, 0.717) is 19.6 Å². The van der Waals surface area contributed by atoms with Gasteiger partial charge in [0.1, 0.15) is 0 Å². The fourth-order valence-electron chi connectivity index (χ4n) is 1.50. The summed E-state index contributed by atoms with van der Waals surface area (Å²) in [6, 6.07) is 5.78. The van der Waals surface area contributed by atoms with E-state index >= 15 is 0 Å². The first-order valence-corrected chi connectivity index (χ1v) is 8.11. The van der Waals surface area contributed by atoms with Gasteiger partial charge in [-0.1, -0.05) is 34.1 Å². The van der Waals surface area contributed by atoms with E-state index in [4.69, 9.17) is 4.74 Å². The molecular weight excluding hydrogens is 318 g/mol. The summed E-state index contributed by atoms with van der Waals surface area (Å²) in [6.07, 6.45) is 0.501. The van der Waals surface area contributed by atoms with E-state index < -0.39 is 10.0 Å². The summed E-state index contributed by atoms with van der Waals surface area (Å²) in [7, 11) is -1.67. The van der Waals surface area contributed by atoms with Gasteiger partial charge in [0.05, 0.1) is 5.75 Å².